The Morgan fingerprint density at radius 1 is 1.32 bits per heavy atom. The highest BCUT2D eigenvalue weighted by atomic mass is 35.5. The lowest BCUT2D eigenvalue weighted by Gasteiger charge is -2.06. The van der Waals surface area contributed by atoms with Gasteiger partial charge in [0.15, 0.2) is 0 Å². The van der Waals surface area contributed by atoms with Gasteiger partial charge in [-0.3, -0.25) is 0 Å². The number of para-hydroxylation sites is 1. The Kier molecular flexibility index (Phi) is 3.25. The van der Waals surface area contributed by atoms with Crippen LogP contribution in [0.25, 0.3) is 11.0 Å². The van der Waals surface area contributed by atoms with Crippen LogP contribution in [0.2, 0.25) is 0 Å². The van der Waals surface area contributed by atoms with Gasteiger partial charge >= 0.3 is 0 Å². The lowest BCUT2D eigenvalue weighted by molar-refractivity contribution is 0.409. The summed E-state index contributed by atoms with van der Waals surface area (Å²) in [6.07, 6.45) is 2.33. The minimum Gasteiger partial charge on any atom is -0.364 e. The number of imidazole rings is 1. The van der Waals surface area contributed by atoms with E-state index in [4.69, 9.17) is 21.1 Å². The summed E-state index contributed by atoms with van der Waals surface area (Å²) in [4.78, 5) is 4.70. The monoisotopic (exact) mass is 275 g/mol. The topological polar surface area (TPSA) is 43.9 Å². The van der Waals surface area contributed by atoms with Crippen molar-refractivity contribution in [3.8, 4) is 0 Å². The summed E-state index contributed by atoms with van der Waals surface area (Å²) in [7, 11) is 0. The third-order valence-electron chi connectivity index (χ3n) is 3.19. The Hall–Kier alpha value is -1.81. The lowest BCUT2D eigenvalue weighted by atomic mass is 10.2. The van der Waals surface area contributed by atoms with E-state index in [1.54, 1.807) is 6.26 Å². The van der Waals surface area contributed by atoms with E-state index in [9.17, 15) is 0 Å². The smallest absolute Gasteiger partial charge is 0.124 e. The number of alkyl halides is 1. The Balaban J connectivity index is 2.13. The second-order valence-electron chi connectivity index (χ2n) is 4.49. The summed E-state index contributed by atoms with van der Waals surface area (Å²) in [5, 5.41) is 3.96. The zero-order chi connectivity index (χ0) is 13.2. The molecule has 0 saturated carbocycles. The van der Waals surface area contributed by atoms with Crippen LogP contribution in [-0.2, 0) is 13.0 Å². The van der Waals surface area contributed by atoms with Crippen molar-refractivity contribution >= 4 is 22.6 Å². The maximum Gasteiger partial charge on any atom is 0.124 e. The average molecular weight is 276 g/mol. The van der Waals surface area contributed by atoms with E-state index in [1.807, 2.05) is 12.1 Å². The van der Waals surface area contributed by atoms with Crippen molar-refractivity contribution in [2.75, 3.05) is 5.88 Å². The van der Waals surface area contributed by atoms with Crippen molar-refractivity contribution in [2.45, 2.75) is 19.9 Å². The number of aromatic nitrogens is 3. The molecule has 0 bridgehead atoms. The zero-order valence-corrected chi connectivity index (χ0v) is 11.4. The zero-order valence-electron chi connectivity index (χ0n) is 10.6. The van der Waals surface area contributed by atoms with E-state index in [0.29, 0.717) is 12.4 Å². The number of halogens is 1. The fourth-order valence-corrected chi connectivity index (χ4v) is 2.44. The number of hydrogen-bond acceptors (Lipinski definition) is 3. The quantitative estimate of drug-likeness (QED) is 0.687. The fourth-order valence-electron chi connectivity index (χ4n) is 2.27. The number of nitrogens with zero attached hydrogens (tertiary/aromatic N) is 3. The number of benzene rings is 1. The molecule has 98 valence electrons. The molecule has 2 aromatic heterocycles. The molecule has 0 amide bonds. The molecular weight excluding hydrogens is 262 g/mol. The highest BCUT2D eigenvalue weighted by Gasteiger charge is 2.12. The van der Waals surface area contributed by atoms with Gasteiger partial charge in [-0.1, -0.05) is 17.3 Å². The number of hydrogen-bond donors (Lipinski definition) is 0. The van der Waals surface area contributed by atoms with Crippen molar-refractivity contribution in [1.82, 2.24) is 14.7 Å². The van der Waals surface area contributed by atoms with Crippen LogP contribution in [0.15, 0.2) is 35.1 Å². The van der Waals surface area contributed by atoms with Gasteiger partial charge in [-0.2, -0.15) is 0 Å². The van der Waals surface area contributed by atoms with Crippen LogP contribution in [-0.4, -0.2) is 20.6 Å². The maximum atomic E-state index is 5.87. The second-order valence-corrected chi connectivity index (χ2v) is 4.86. The molecule has 0 aliphatic rings. The third kappa shape index (κ3) is 2.24. The molecule has 0 N–H and O–H groups in total. The van der Waals surface area contributed by atoms with Gasteiger partial charge in [0, 0.05) is 18.4 Å². The summed E-state index contributed by atoms with van der Waals surface area (Å²) >= 11 is 5.87. The third-order valence-corrected chi connectivity index (χ3v) is 3.38. The molecule has 0 unspecified atom stereocenters. The van der Waals surface area contributed by atoms with E-state index in [0.717, 1.165) is 29.0 Å². The number of fused-ring (bicyclic) bond motifs is 1. The molecule has 1 aromatic carbocycles. The summed E-state index contributed by atoms with van der Waals surface area (Å²) in [6, 6.07) is 8.06. The SMILES string of the molecule is Cc1cccc2c1nc(CCCl)n2Cc1ccon1. The van der Waals surface area contributed by atoms with Gasteiger partial charge < -0.3 is 9.09 Å². The van der Waals surface area contributed by atoms with Gasteiger partial charge in [0.1, 0.15) is 17.8 Å². The molecular formula is C14H14ClN3O. The van der Waals surface area contributed by atoms with E-state index in [2.05, 4.69) is 28.8 Å². The van der Waals surface area contributed by atoms with Crippen LogP contribution in [0, 0.1) is 6.92 Å². The molecule has 0 saturated heterocycles. The normalized spacial score (nSPS) is 11.3. The molecule has 3 rings (SSSR count). The summed E-state index contributed by atoms with van der Waals surface area (Å²) in [6.45, 7) is 2.73. The first-order valence-corrected chi connectivity index (χ1v) is 6.73. The van der Waals surface area contributed by atoms with Gasteiger partial charge in [-0.25, -0.2) is 4.98 Å². The molecule has 19 heavy (non-hydrogen) atoms. The van der Waals surface area contributed by atoms with E-state index in [1.165, 1.54) is 5.56 Å². The molecule has 4 nitrogen and oxygen atoms in total. The van der Waals surface area contributed by atoms with Gasteiger partial charge in [0.2, 0.25) is 0 Å². The maximum absolute atomic E-state index is 5.87. The number of aryl methyl sites for hydroxylation is 2. The molecule has 0 aliphatic heterocycles. The average Bonchev–Trinajstić information content (AvgIpc) is 3.01. The van der Waals surface area contributed by atoms with E-state index < -0.39 is 0 Å². The first kappa shape index (κ1) is 12.2. The van der Waals surface area contributed by atoms with E-state index >= 15 is 0 Å². The Bertz CT molecular complexity index is 688. The van der Waals surface area contributed by atoms with Gasteiger partial charge in [-0.05, 0) is 18.6 Å². The first-order chi connectivity index (χ1) is 9.29. The molecule has 0 atom stereocenters. The van der Waals surface area contributed by atoms with E-state index in [-0.39, 0.29) is 0 Å². The second kappa shape index (κ2) is 5.05. The molecule has 0 aliphatic carbocycles. The van der Waals surface area contributed by atoms with Crippen LogP contribution < -0.4 is 0 Å². The van der Waals surface area contributed by atoms with Crippen molar-refractivity contribution in [3.63, 3.8) is 0 Å². The molecule has 0 fully saturated rings. The predicted molar refractivity (Wildman–Crippen MR) is 74.5 cm³/mol. The van der Waals surface area contributed by atoms with Crippen LogP contribution >= 0.6 is 11.6 Å². The van der Waals surface area contributed by atoms with Crippen molar-refractivity contribution < 1.29 is 4.52 Å². The Morgan fingerprint density at radius 2 is 2.21 bits per heavy atom. The van der Waals surface area contributed by atoms with Crippen molar-refractivity contribution in [1.29, 1.82) is 0 Å². The summed E-state index contributed by atoms with van der Waals surface area (Å²) < 4.78 is 7.04. The Morgan fingerprint density at radius 3 is 2.95 bits per heavy atom. The highest BCUT2D eigenvalue weighted by molar-refractivity contribution is 6.17. The minimum absolute atomic E-state index is 0.557. The molecule has 3 aromatic rings. The summed E-state index contributed by atoms with van der Waals surface area (Å²) in [5.41, 5.74) is 4.21. The largest absolute Gasteiger partial charge is 0.364 e. The number of rotatable bonds is 4. The predicted octanol–water partition coefficient (Wildman–Crippen LogP) is 3.16. The van der Waals surface area contributed by atoms with Crippen LogP contribution in [0.1, 0.15) is 17.1 Å². The van der Waals surface area contributed by atoms with Gasteiger partial charge in [-0.15, -0.1) is 11.6 Å². The molecule has 0 radical (unpaired) electrons. The van der Waals surface area contributed by atoms with Crippen molar-refractivity contribution in [3.05, 3.63) is 47.6 Å². The van der Waals surface area contributed by atoms with Gasteiger partial charge in [0.05, 0.1) is 17.6 Å². The molecule has 5 heteroatoms. The van der Waals surface area contributed by atoms with Crippen LogP contribution in [0.3, 0.4) is 0 Å². The minimum atomic E-state index is 0.557. The molecule has 0 spiro atoms. The highest BCUT2D eigenvalue weighted by Crippen LogP contribution is 2.21. The standard InChI is InChI=1S/C14H14ClN3O/c1-10-3-2-4-12-14(10)16-13(5-7-15)18(12)9-11-6-8-19-17-11/h2-4,6,8H,5,7,9H2,1H3. The van der Waals surface area contributed by atoms with Gasteiger partial charge in [0.25, 0.3) is 0 Å². The van der Waals surface area contributed by atoms with Crippen LogP contribution in [0.4, 0.5) is 0 Å². The fraction of sp³-hybridized carbons (Fsp3) is 0.286. The Labute approximate surface area is 116 Å². The van der Waals surface area contributed by atoms with Crippen molar-refractivity contribution in [2.24, 2.45) is 0 Å². The first-order valence-electron chi connectivity index (χ1n) is 6.19. The lowest BCUT2D eigenvalue weighted by Crippen LogP contribution is -2.06. The molecule has 2 heterocycles. The van der Waals surface area contributed by atoms with Crippen LogP contribution in [0.5, 0.6) is 0 Å². The summed E-state index contributed by atoms with van der Waals surface area (Å²) in [5.74, 6) is 1.54.